The largest absolute Gasteiger partial charge is 0.490 e. The van der Waals surface area contributed by atoms with Crippen molar-refractivity contribution in [3.63, 3.8) is 0 Å². The van der Waals surface area contributed by atoms with Crippen LogP contribution in [0.5, 0.6) is 11.5 Å². The maximum absolute atomic E-state index is 8.57. The molecule has 2 rings (SSSR count). The number of hydrogen-bond donors (Lipinski definition) is 0. The zero-order chi connectivity index (χ0) is 12.1. The molecule has 1 heterocycles. The minimum absolute atomic E-state index is 0.519. The summed E-state index contributed by atoms with van der Waals surface area (Å²) in [6, 6.07) is 8.03. The van der Waals surface area contributed by atoms with Crippen LogP contribution in [0.25, 0.3) is 0 Å². The molecule has 1 aromatic rings. The van der Waals surface area contributed by atoms with Crippen molar-refractivity contribution in [2.75, 3.05) is 31.7 Å². The summed E-state index contributed by atoms with van der Waals surface area (Å²) in [5, 5.41) is 8.57. The van der Waals surface area contributed by atoms with Crippen LogP contribution in [0, 0.1) is 11.3 Å². The van der Waals surface area contributed by atoms with E-state index < -0.39 is 0 Å². The van der Waals surface area contributed by atoms with Crippen molar-refractivity contribution < 1.29 is 9.47 Å². The first-order chi connectivity index (χ1) is 8.31. The highest BCUT2D eigenvalue weighted by Gasteiger charge is 2.11. The maximum atomic E-state index is 8.57. The summed E-state index contributed by atoms with van der Waals surface area (Å²) in [4.78, 5) is 2.04. The fraction of sp³-hybridized carbons (Fsp3) is 0.462. The summed E-state index contributed by atoms with van der Waals surface area (Å²) >= 11 is 0. The van der Waals surface area contributed by atoms with E-state index in [-0.39, 0.29) is 0 Å². The molecule has 0 atom stereocenters. The van der Waals surface area contributed by atoms with Gasteiger partial charge in [0.2, 0.25) is 0 Å². The molecule has 0 aliphatic carbocycles. The molecule has 0 saturated carbocycles. The molecule has 4 nitrogen and oxygen atoms in total. The summed E-state index contributed by atoms with van der Waals surface area (Å²) in [6.45, 7) is 2.12. The standard InChI is InChI=1S/C13H16N2O2/c1-15(7-2-6-14)11-4-5-12-13(10-11)17-9-3-8-16-12/h4-5,10H,2-3,7-9H2,1H3. The first kappa shape index (κ1) is 11.6. The predicted molar refractivity (Wildman–Crippen MR) is 65.5 cm³/mol. The number of benzene rings is 1. The summed E-state index contributed by atoms with van der Waals surface area (Å²) in [6.07, 6.45) is 1.43. The van der Waals surface area contributed by atoms with Crippen LogP contribution in [0.15, 0.2) is 18.2 Å². The van der Waals surface area contributed by atoms with Gasteiger partial charge in [0.05, 0.1) is 25.7 Å². The van der Waals surface area contributed by atoms with Gasteiger partial charge in [0.25, 0.3) is 0 Å². The van der Waals surface area contributed by atoms with Gasteiger partial charge in [0.1, 0.15) is 0 Å². The third kappa shape index (κ3) is 2.82. The molecule has 0 amide bonds. The van der Waals surface area contributed by atoms with Gasteiger partial charge < -0.3 is 14.4 Å². The second kappa shape index (κ2) is 5.44. The van der Waals surface area contributed by atoms with Crippen LogP contribution in [-0.4, -0.2) is 26.8 Å². The minimum Gasteiger partial charge on any atom is -0.490 e. The van der Waals surface area contributed by atoms with Gasteiger partial charge in [-0.25, -0.2) is 0 Å². The van der Waals surface area contributed by atoms with E-state index in [2.05, 4.69) is 6.07 Å². The highest BCUT2D eigenvalue weighted by molar-refractivity contribution is 5.56. The molecule has 1 aliphatic rings. The number of anilines is 1. The van der Waals surface area contributed by atoms with Crippen LogP contribution in [-0.2, 0) is 0 Å². The van der Waals surface area contributed by atoms with Gasteiger partial charge in [-0.15, -0.1) is 0 Å². The second-order valence-corrected chi connectivity index (χ2v) is 4.01. The van der Waals surface area contributed by atoms with E-state index >= 15 is 0 Å². The topological polar surface area (TPSA) is 45.5 Å². The highest BCUT2D eigenvalue weighted by atomic mass is 16.5. The van der Waals surface area contributed by atoms with Gasteiger partial charge in [-0.2, -0.15) is 5.26 Å². The van der Waals surface area contributed by atoms with E-state index in [1.807, 2.05) is 30.1 Å². The molecule has 90 valence electrons. The van der Waals surface area contributed by atoms with Crippen LogP contribution < -0.4 is 14.4 Å². The van der Waals surface area contributed by atoms with Crippen LogP contribution >= 0.6 is 0 Å². The Kier molecular flexibility index (Phi) is 3.71. The lowest BCUT2D eigenvalue weighted by atomic mass is 10.2. The number of nitriles is 1. The van der Waals surface area contributed by atoms with Crippen molar-refractivity contribution in [2.24, 2.45) is 0 Å². The molecule has 0 N–H and O–H groups in total. The Balaban J connectivity index is 2.15. The number of rotatable bonds is 3. The Bertz CT molecular complexity index is 426. The van der Waals surface area contributed by atoms with Gasteiger partial charge in [-0.05, 0) is 12.1 Å². The smallest absolute Gasteiger partial charge is 0.163 e. The van der Waals surface area contributed by atoms with Gasteiger partial charge in [0.15, 0.2) is 11.5 Å². The van der Waals surface area contributed by atoms with Crippen molar-refractivity contribution in [1.82, 2.24) is 0 Å². The molecule has 0 bridgehead atoms. The fourth-order valence-corrected chi connectivity index (χ4v) is 1.74. The minimum atomic E-state index is 0.519. The van der Waals surface area contributed by atoms with E-state index in [0.717, 1.165) is 30.2 Å². The number of ether oxygens (including phenoxy) is 2. The zero-order valence-electron chi connectivity index (χ0n) is 9.98. The number of hydrogen-bond acceptors (Lipinski definition) is 4. The van der Waals surface area contributed by atoms with Crippen molar-refractivity contribution >= 4 is 5.69 Å². The van der Waals surface area contributed by atoms with Crippen molar-refractivity contribution in [3.8, 4) is 17.6 Å². The Morgan fingerprint density at radius 3 is 2.82 bits per heavy atom. The summed E-state index contributed by atoms with van der Waals surface area (Å²) in [5.74, 6) is 1.60. The molecule has 1 aliphatic heterocycles. The Labute approximate surface area is 101 Å². The van der Waals surface area contributed by atoms with E-state index in [1.54, 1.807) is 0 Å². The lowest BCUT2D eigenvalue weighted by molar-refractivity contribution is 0.297. The van der Waals surface area contributed by atoms with Crippen LogP contribution in [0.2, 0.25) is 0 Å². The van der Waals surface area contributed by atoms with E-state index in [1.165, 1.54) is 0 Å². The molecule has 1 aromatic carbocycles. The van der Waals surface area contributed by atoms with Crippen LogP contribution in [0.4, 0.5) is 5.69 Å². The first-order valence-electron chi connectivity index (χ1n) is 5.79. The average Bonchev–Trinajstić information content (AvgIpc) is 2.60. The normalized spacial score (nSPS) is 13.6. The lowest BCUT2D eigenvalue weighted by Crippen LogP contribution is -2.17. The molecule has 0 saturated heterocycles. The molecule has 0 aromatic heterocycles. The SMILES string of the molecule is CN(CCC#N)c1ccc2c(c1)OCCCO2. The molecule has 0 fully saturated rings. The second-order valence-electron chi connectivity index (χ2n) is 4.01. The third-order valence-electron chi connectivity index (χ3n) is 2.73. The maximum Gasteiger partial charge on any atom is 0.163 e. The first-order valence-corrected chi connectivity index (χ1v) is 5.79. The molecule has 17 heavy (non-hydrogen) atoms. The zero-order valence-corrected chi connectivity index (χ0v) is 9.98. The van der Waals surface area contributed by atoms with Gasteiger partial charge >= 0.3 is 0 Å². The molecule has 0 unspecified atom stereocenters. The highest BCUT2D eigenvalue weighted by Crippen LogP contribution is 2.33. The van der Waals surface area contributed by atoms with Crippen LogP contribution in [0.3, 0.4) is 0 Å². The number of nitrogens with zero attached hydrogens (tertiary/aromatic N) is 2. The molecule has 0 spiro atoms. The molecular weight excluding hydrogens is 216 g/mol. The Morgan fingerprint density at radius 1 is 1.29 bits per heavy atom. The van der Waals surface area contributed by atoms with Crippen molar-refractivity contribution in [2.45, 2.75) is 12.8 Å². The molecular formula is C13H16N2O2. The predicted octanol–water partition coefficient (Wildman–Crippen LogP) is 2.20. The fourth-order valence-electron chi connectivity index (χ4n) is 1.74. The quantitative estimate of drug-likeness (QED) is 0.801. The van der Waals surface area contributed by atoms with E-state index in [0.29, 0.717) is 19.6 Å². The van der Waals surface area contributed by atoms with Gasteiger partial charge in [-0.1, -0.05) is 0 Å². The van der Waals surface area contributed by atoms with E-state index in [9.17, 15) is 0 Å². The summed E-state index contributed by atoms with van der Waals surface area (Å²) in [5.41, 5.74) is 1.05. The third-order valence-corrected chi connectivity index (χ3v) is 2.73. The van der Waals surface area contributed by atoms with E-state index in [4.69, 9.17) is 14.7 Å². The molecule has 4 heteroatoms. The molecule has 0 radical (unpaired) electrons. The average molecular weight is 232 g/mol. The summed E-state index contributed by atoms with van der Waals surface area (Å²) < 4.78 is 11.2. The number of fused-ring (bicyclic) bond motifs is 1. The lowest BCUT2D eigenvalue weighted by Gasteiger charge is -2.19. The van der Waals surface area contributed by atoms with Crippen LogP contribution in [0.1, 0.15) is 12.8 Å². The Hall–Kier alpha value is -1.89. The summed E-state index contributed by atoms with van der Waals surface area (Å²) in [7, 11) is 1.97. The van der Waals surface area contributed by atoms with Crippen molar-refractivity contribution in [1.29, 1.82) is 5.26 Å². The van der Waals surface area contributed by atoms with Gasteiger partial charge in [0, 0.05) is 31.8 Å². The Morgan fingerprint density at radius 2 is 2.06 bits per heavy atom. The monoisotopic (exact) mass is 232 g/mol. The van der Waals surface area contributed by atoms with Crippen molar-refractivity contribution in [3.05, 3.63) is 18.2 Å². The van der Waals surface area contributed by atoms with Gasteiger partial charge in [-0.3, -0.25) is 0 Å².